The molecule has 64 heavy (non-hydrogen) atoms. The number of likely N-dealkylation sites (tertiary alicyclic amines) is 1. The number of nitrogens with zero attached hydrogens (tertiary/aromatic N) is 1. The largest absolute Gasteiger partial charge is 0.389 e. The second-order valence-electron chi connectivity index (χ2n) is 24.1. The minimum Gasteiger partial charge on any atom is -0.389 e. The monoisotopic (exact) mass is 883 g/mol. The minimum atomic E-state index is 0.472. The zero-order valence-electron chi connectivity index (χ0n) is 43.9. The van der Waals surface area contributed by atoms with Crippen LogP contribution in [0, 0.1) is 52.3 Å². The molecule has 4 aliphatic carbocycles. The Bertz CT molecular complexity index is 1330. The van der Waals surface area contributed by atoms with Crippen molar-refractivity contribution in [1.82, 2.24) is 10.2 Å². The maximum atomic E-state index is 4.58. The quantitative estimate of drug-likeness (QED) is 0.0512. The van der Waals surface area contributed by atoms with Gasteiger partial charge in [-0.1, -0.05) is 180 Å². The third kappa shape index (κ3) is 18.0. The third-order valence-corrected chi connectivity index (χ3v) is 18.7. The summed E-state index contributed by atoms with van der Waals surface area (Å²) in [6.45, 7) is 22.3. The van der Waals surface area contributed by atoms with Crippen molar-refractivity contribution in [2.75, 3.05) is 26.2 Å². The maximum Gasteiger partial charge on any atom is 0.0143 e. The zero-order valence-corrected chi connectivity index (χ0v) is 43.9. The van der Waals surface area contributed by atoms with E-state index in [0.717, 1.165) is 54.4 Å². The standard InChI is InChI=1S/C62H110N2/c1-7-8-9-10-11-12-13-14-15-16-17-18-19-20-21-22-23-27-35-54(51-64-47-32-26-33-48-64)36-28-24-25-31-46-63-53(4)49-55-42-44-62(6)57(50-55)38-40-58-59-41-39-56(37-30-29-34-52(2)3)61(59,5)45-43-60(58)62/h11-12,14-15,38,52,54-56,58-60,63H,4,7-10,13,16-37,39-51H2,1-3,5-6H3/b12-11-,15-14-/t54?,55?,56-,58?,59?,60?,61?,62?/m0/s1. The Balaban J connectivity index is 0.894. The van der Waals surface area contributed by atoms with Gasteiger partial charge in [0.05, 0.1) is 0 Å². The van der Waals surface area contributed by atoms with Crippen LogP contribution in [-0.2, 0) is 0 Å². The second kappa shape index (κ2) is 30.3. The van der Waals surface area contributed by atoms with Crippen molar-refractivity contribution in [3.63, 3.8) is 0 Å². The lowest BCUT2D eigenvalue weighted by atomic mass is 9.47. The predicted molar refractivity (Wildman–Crippen MR) is 284 cm³/mol. The molecule has 0 bridgehead atoms. The van der Waals surface area contributed by atoms with Crippen molar-refractivity contribution in [3.05, 3.63) is 48.2 Å². The Kier molecular flexibility index (Phi) is 25.4. The molecular formula is C62H110N2. The molecular weight excluding hydrogens is 773 g/mol. The van der Waals surface area contributed by atoms with Gasteiger partial charge in [-0.05, 0) is 194 Å². The molecule has 4 fully saturated rings. The Labute approximate surface area is 401 Å². The second-order valence-corrected chi connectivity index (χ2v) is 24.1. The first-order chi connectivity index (χ1) is 31.2. The number of hydrogen-bond donors (Lipinski definition) is 1. The van der Waals surface area contributed by atoms with Crippen LogP contribution in [0.25, 0.3) is 0 Å². The number of allylic oxidation sites excluding steroid dienone is 7. The fourth-order valence-electron chi connectivity index (χ4n) is 14.6. The molecule has 8 atom stereocenters. The van der Waals surface area contributed by atoms with Crippen molar-refractivity contribution >= 4 is 0 Å². The molecule has 1 heterocycles. The number of unbranched alkanes of at least 4 members (excludes halogenated alkanes) is 15. The van der Waals surface area contributed by atoms with Gasteiger partial charge in [0, 0.05) is 18.8 Å². The molecule has 2 heteroatoms. The summed E-state index contributed by atoms with van der Waals surface area (Å²) in [6.07, 6.45) is 62.9. The van der Waals surface area contributed by atoms with Crippen LogP contribution in [0.3, 0.4) is 0 Å². The number of piperidine rings is 1. The lowest BCUT2D eigenvalue weighted by molar-refractivity contribution is -0.0456. The van der Waals surface area contributed by atoms with E-state index in [1.807, 2.05) is 5.57 Å². The SMILES string of the molecule is C=C(CC1CCC2(C)C(=CCC3C2CCC2(C)C3CC[C@@H]2CCCCC(C)C)C1)NCCCCCCC(CCCCCCCCCC/C=C\C/C=C\CCCCC)CN1CCCCC1. The summed E-state index contributed by atoms with van der Waals surface area (Å²) in [5.74, 6) is 6.46. The van der Waals surface area contributed by atoms with Crippen LogP contribution in [0.15, 0.2) is 48.2 Å². The summed E-state index contributed by atoms with van der Waals surface area (Å²) in [5, 5.41) is 3.82. The van der Waals surface area contributed by atoms with Gasteiger partial charge in [-0.2, -0.15) is 0 Å². The Morgan fingerprint density at radius 1 is 0.719 bits per heavy atom. The molecule has 368 valence electrons. The van der Waals surface area contributed by atoms with Gasteiger partial charge in [0.1, 0.15) is 0 Å². The summed E-state index contributed by atoms with van der Waals surface area (Å²) >= 11 is 0. The summed E-state index contributed by atoms with van der Waals surface area (Å²) < 4.78 is 0. The first-order valence-electron chi connectivity index (χ1n) is 29.4. The Morgan fingerprint density at radius 3 is 2.08 bits per heavy atom. The van der Waals surface area contributed by atoms with Gasteiger partial charge < -0.3 is 10.2 Å². The molecule has 3 saturated carbocycles. The van der Waals surface area contributed by atoms with Crippen molar-refractivity contribution in [1.29, 1.82) is 0 Å². The first-order valence-corrected chi connectivity index (χ1v) is 29.4. The fraction of sp³-hybridized carbons (Fsp3) is 0.871. The van der Waals surface area contributed by atoms with Gasteiger partial charge >= 0.3 is 0 Å². The smallest absolute Gasteiger partial charge is 0.0143 e. The van der Waals surface area contributed by atoms with Gasteiger partial charge in [0.2, 0.25) is 0 Å². The molecule has 5 rings (SSSR count). The highest BCUT2D eigenvalue weighted by atomic mass is 15.1. The number of nitrogens with one attached hydrogen (secondary N) is 1. The molecule has 7 unspecified atom stereocenters. The van der Waals surface area contributed by atoms with Crippen molar-refractivity contribution in [3.8, 4) is 0 Å². The highest BCUT2D eigenvalue weighted by Crippen LogP contribution is 2.67. The molecule has 0 radical (unpaired) electrons. The predicted octanol–water partition coefficient (Wildman–Crippen LogP) is 18.9. The fourth-order valence-corrected chi connectivity index (χ4v) is 14.6. The van der Waals surface area contributed by atoms with Gasteiger partial charge in [-0.3, -0.25) is 0 Å². The van der Waals surface area contributed by atoms with E-state index in [2.05, 4.69) is 81.8 Å². The van der Waals surface area contributed by atoms with Crippen LogP contribution in [0.2, 0.25) is 0 Å². The average Bonchev–Trinajstić information content (AvgIpc) is 3.63. The van der Waals surface area contributed by atoms with Crippen molar-refractivity contribution in [2.45, 2.75) is 266 Å². The number of rotatable bonds is 34. The highest BCUT2D eigenvalue weighted by molar-refractivity contribution is 5.25. The molecule has 1 aliphatic heterocycles. The third-order valence-electron chi connectivity index (χ3n) is 18.7. The summed E-state index contributed by atoms with van der Waals surface area (Å²) in [5.41, 5.74) is 4.28. The Morgan fingerprint density at radius 2 is 1.38 bits per heavy atom. The summed E-state index contributed by atoms with van der Waals surface area (Å²) in [4.78, 5) is 2.82. The molecule has 2 nitrogen and oxygen atoms in total. The van der Waals surface area contributed by atoms with Crippen LogP contribution in [0.1, 0.15) is 266 Å². The van der Waals surface area contributed by atoms with Gasteiger partial charge in [-0.25, -0.2) is 0 Å². The maximum absolute atomic E-state index is 4.58. The van der Waals surface area contributed by atoms with Crippen LogP contribution in [-0.4, -0.2) is 31.1 Å². The summed E-state index contributed by atoms with van der Waals surface area (Å²) in [7, 11) is 0. The molecule has 5 aliphatic rings. The minimum absolute atomic E-state index is 0.472. The summed E-state index contributed by atoms with van der Waals surface area (Å²) in [6, 6.07) is 0. The Hall–Kier alpha value is -1.28. The van der Waals surface area contributed by atoms with Crippen molar-refractivity contribution < 1.29 is 0 Å². The van der Waals surface area contributed by atoms with Crippen LogP contribution < -0.4 is 5.32 Å². The molecule has 0 aromatic rings. The lowest BCUT2D eigenvalue weighted by Gasteiger charge is -2.58. The molecule has 0 spiro atoms. The van der Waals surface area contributed by atoms with E-state index in [9.17, 15) is 0 Å². The van der Waals surface area contributed by atoms with Gasteiger partial charge in [0.25, 0.3) is 0 Å². The molecule has 1 N–H and O–H groups in total. The van der Waals surface area contributed by atoms with E-state index in [-0.39, 0.29) is 0 Å². The molecule has 0 aromatic carbocycles. The van der Waals surface area contributed by atoms with Gasteiger partial charge in [-0.15, -0.1) is 0 Å². The highest BCUT2D eigenvalue weighted by Gasteiger charge is 2.58. The van der Waals surface area contributed by atoms with Gasteiger partial charge in [0.15, 0.2) is 0 Å². The van der Waals surface area contributed by atoms with E-state index in [0.29, 0.717) is 10.8 Å². The average molecular weight is 884 g/mol. The molecule has 0 aromatic heterocycles. The topological polar surface area (TPSA) is 15.3 Å². The van der Waals surface area contributed by atoms with E-state index in [1.54, 1.807) is 0 Å². The van der Waals surface area contributed by atoms with Crippen molar-refractivity contribution in [2.24, 2.45) is 52.3 Å². The van der Waals surface area contributed by atoms with Crippen LogP contribution in [0.4, 0.5) is 0 Å². The number of hydrogen-bond acceptors (Lipinski definition) is 2. The van der Waals surface area contributed by atoms with E-state index >= 15 is 0 Å². The first kappa shape index (κ1) is 53.7. The van der Waals surface area contributed by atoms with E-state index < -0.39 is 0 Å². The van der Waals surface area contributed by atoms with E-state index in [1.165, 1.54) is 250 Å². The normalized spacial score (nSPS) is 29.0. The molecule has 0 amide bonds. The molecule has 1 saturated heterocycles. The van der Waals surface area contributed by atoms with Crippen LogP contribution in [0.5, 0.6) is 0 Å². The number of fused-ring (bicyclic) bond motifs is 5. The lowest BCUT2D eigenvalue weighted by Crippen LogP contribution is -2.50. The van der Waals surface area contributed by atoms with E-state index in [4.69, 9.17) is 0 Å². The van der Waals surface area contributed by atoms with Crippen LogP contribution >= 0.6 is 0 Å². The zero-order chi connectivity index (χ0) is 45.3.